The Hall–Kier alpha value is -1.95. The lowest BCUT2D eigenvalue weighted by atomic mass is 10.1. The van der Waals surface area contributed by atoms with Crippen LogP contribution >= 0.6 is 11.8 Å². The molecule has 6 heteroatoms. The molecule has 25 heavy (non-hydrogen) atoms. The van der Waals surface area contributed by atoms with Crippen LogP contribution in [-0.4, -0.2) is 47.8 Å². The molecular weight excluding hydrogens is 336 g/mol. The van der Waals surface area contributed by atoms with Crippen LogP contribution in [0.25, 0.3) is 10.9 Å². The lowest BCUT2D eigenvalue weighted by Gasteiger charge is -2.26. The van der Waals surface area contributed by atoms with Gasteiger partial charge in [-0.1, -0.05) is 11.8 Å². The summed E-state index contributed by atoms with van der Waals surface area (Å²) in [5.74, 6) is 2.19. The molecule has 132 valence electrons. The zero-order valence-electron chi connectivity index (χ0n) is 14.4. The number of nitrogens with zero attached hydrogens (tertiary/aromatic N) is 2. The highest BCUT2D eigenvalue weighted by atomic mass is 32.2. The molecule has 0 bridgehead atoms. The number of carbonyl (C=O) groups is 1. The maximum absolute atomic E-state index is 12.4. The lowest BCUT2D eigenvalue weighted by molar-refractivity contribution is -0.129. The van der Waals surface area contributed by atoms with E-state index in [1.807, 2.05) is 24.0 Å². The van der Waals surface area contributed by atoms with Crippen LogP contribution in [0.1, 0.15) is 24.8 Å². The minimum Gasteiger partial charge on any atom is -0.486 e. The summed E-state index contributed by atoms with van der Waals surface area (Å²) in [4.78, 5) is 19.1. The van der Waals surface area contributed by atoms with Gasteiger partial charge in [0.2, 0.25) is 5.91 Å². The highest BCUT2D eigenvalue weighted by molar-refractivity contribution is 7.99. The van der Waals surface area contributed by atoms with Crippen LogP contribution in [-0.2, 0) is 4.79 Å². The van der Waals surface area contributed by atoms with Crippen LogP contribution in [0.3, 0.4) is 0 Å². The minimum atomic E-state index is 0.216. The number of likely N-dealkylation sites (tertiary alicyclic amines) is 1. The second kappa shape index (κ2) is 7.12. The molecule has 0 N–H and O–H groups in total. The van der Waals surface area contributed by atoms with Gasteiger partial charge in [0.1, 0.15) is 18.2 Å². The molecule has 1 saturated heterocycles. The first-order chi connectivity index (χ1) is 12.2. The predicted molar refractivity (Wildman–Crippen MR) is 98.6 cm³/mol. The van der Waals surface area contributed by atoms with Crippen LogP contribution < -0.4 is 9.47 Å². The Labute approximate surface area is 151 Å². The first kappa shape index (κ1) is 16.5. The van der Waals surface area contributed by atoms with Crippen molar-refractivity contribution in [1.29, 1.82) is 0 Å². The molecule has 0 atom stereocenters. The van der Waals surface area contributed by atoms with Crippen molar-refractivity contribution < 1.29 is 14.3 Å². The molecule has 2 aromatic rings. The Morgan fingerprint density at radius 3 is 2.60 bits per heavy atom. The molecule has 1 fully saturated rings. The van der Waals surface area contributed by atoms with Gasteiger partial charge in [0.25, 0.3) is 0 Å². The fourth-order valence-electron chi connectivity index (χ4n) is 3.31. The normalized spacial score (nSPS) is 16.9. The summed E-state index contributed by atoms with van der Waals surface area (Å²) in [6.45, 7) is 4.98. The van der Waals surface area contributed by atoms with Crippen molar-refractivity contribution in [3.05, 3.63) is 23.8 Å². The lowest BCUT2D eigenvalue weighted by Crippen LogP contribution is -2.36. The van der Waals surface area contributed by atoms with Crippen LogP contribution in [0.4, 0.5) is 0 Å². The fourth-order valence-corrected chi connectivity index (χ4v) is 4.20. The molecule has 3 heterocycles. The third-order valence-corrected chi connectivity index (χ3v) is 5.74. The molecule has 0 aliphatic carbocycles. The zero-order chi connectivity index (χ0) is 17.2. The van der Waals surface area contributed by atoms with Gasteiger partial charge in [0.05, 0.1) is 11.3 Å². The summed E-state index contributed by atoms with van der Waals surface area (Å²) in [7, 11) is 0. The van der Waals surface area contributed by atoms with E-state index >= 15 is 0 Å². The SMILES string of the molecule is Cc1cc2cc3c(cc2nc1SCC(=O)N1CCCCC1)OCCO3. The first-order valence-corrected chi connectivity index (χ1v) is 9.81. The number of aromatic nitrogens is 1. The van der Waals surface area contributed by atoms with Crippen molar-refractivity contribution in [2.45, 2.75) is 31.2 Å². The Balaban J connectivity index is 1.53. The standard InChI is InChI=1S/C19H22N2O3S/c1-13-9-14-10-16-17(24-8-7-23-16)11-15(14)20-19(13)25-12-18(22)21-5-3-2-4-6-21/h9-11H,2-8,12H2,1H3. The number of aryl methyl sites for hydroxylation is 1. The van der Waals surface area contributed by atoms with Gasteiger partial charge in [-0.15, -0.1) is 0 Å². The Bertz CT molecular complexity index is 803. The molecule has 0 spiro atoms. The van der Waals surface area contributed by atoms with E-state index in [1.165, 1.54) is 18.2 Å². The summed E-state index contributed by atoms with van der Waals surface area (Å²) in [5.41, 5.74) is 1.96. The summed E-state index contributed by atoms with van der Waals surface area (Å²) >= 11 is 1.53. The summed E-state index contributed by atoms with van der Waals surface area (Å²) in [6.07, 6.45) is 3.48. The first-order valence-electron chi connectivity index (χ1n) is 8.82. The molecule has 4 rings (SSSR count). The monoisotopic (exact) mass is 358 g/mol. The van der Waals surface area contributed by atoms with Gasteiger partial charge in [-0.25, -0.2) is 4.98 Å². The smallest absolute Gasteiger partial charge is 0.232 e. The third kappa shape index (κ3) is 3.54. The van der Waals surface area contributed by atoms with Crippen molar-refractivity contribution in [3.63, 3.8) is 0 Å². The molecule has 1 aromatic heterocycles. The van der Waals surface area contributed by atoms with Crippen molar-refractivity contribution in [1.82, 2.24) is 9.88 Å². The molecule has 1 aromatic carbocycles. The number of fused-ring (bicyclic) bond motifs is 2. The molecule has 1 amide bonds. The molecule has 0 saturated carbocycles. The van der Waals surface area contributed by atoms with Crippen molar-refractivity contribution in [3.8, 4) is 11.5 Å². The van der Waals surface area contributed by atoms with E-state index in [0.29, 0.717) is 19.0 Å². The number of hydrogen-bond donors (Lipinski definition) is 0. The van der Waals surface area contributed by atoms with Gasteiger partial charge in [-0.3, -0.25) is 4.79 Å². The maximum atomic E-state index is 12.4. The number of rotatable bonds is 3. The van der Waals surface area contributed by atoms with E-state index in [9.17, 15) is 4.79 Å². The van der Waals surface area contributed by atoms with Gasteiger partial charge in [0.15, 0.2) is 11.5 Å². The number of pyridine rings is 1. The predicted octanol–water partition coefficient (Wildman–Crippen LogP) is 3.42. The summed E-state index contributed by atoms with van der Waals surface area (Å²) < 4.78 is 11.3. The Morgan fingerprint density at radius 2 is 1.84 bits per heavy atom. The van der Waals surface area contributed by atoms with E-state index < -0.39 is 0 Å². The molecule has 5 nitrogen and oxygen atoms in total. The van der Waals surface area contributed by atoms with Gasteiger partial charge in [-0.05, 0) is 43.9 Å². The van der Waals surface area contributed by atoms with E-state index in [0.717, 1.165) is 58.9 Å². The topological polar surface area (TPSA) is 51.7 Å². The van der Waals surface area contributed by atoms with E-state index in [-0.39, 0.29) is 5.91 Å². The van der Waals surface area contributed by atoms with Crippen LogP contribution in [0.15, 0.2) is 23.2 Å². The molecule has 2 aliphatic heterocycles. The molecule has 2 aliphatic rings. The van der Waals surface area contributed by atoms with Crippen LogP contribution in [0, 0.1) is 6.92 Å². The summed E-state index contributed by atoms with van der Waals surface area (Å²) in [5, 5.41) is 1.95. The second-order valence-corrected chi connectivity index (χ2v) is 7.49. The van der Waals surface area contributed by atoms with Gasteiger partial charge >= 0.3 is 0 Å². The molecule has 0 radical (unpaired) electrons. The van der Waals surface area contributed by atoms with E-state index in [4.69, 9.17) is 14.5 Å². The van der Waals surface area contributed by atoms with Crippen LogP contribution in [0.2, 0.25) is 0 Å². The average Bonchev–Trinajstić information content (AvgIpc) is 2.65. The van der Waals surface area contributed by atoms with Crippen molar-refractivity contribution >= 4 is 28.6 Å². The third-order valence-electron chi connectivity index (χ3n) is 4.66. The highest BCUT2D eigenvalue weighted by Crippen LogP contribution is 2.35. The quantitative estimate of drug-likeness (QED) is 0.787. The van der Waals surface area contributed by atoms with Gasteiger partial charge in [-0.2, -0.15) is 0 Å². The average molecular weight is 358 g/mol. The Morgan fingerprint density at radius 1 is 1.12 bits per heavy atom. The maximum Gasteiger partial charge on any atom is 0.232 e. The highest BCUT2D eigenvalue weighted by Gasteiger charge is 2.18. The van der Waals surface area contributed by atoms with Gasteiger partial charge in [0, 0.05) is 24.5 Å². The van der Waals surface area contributed by atoms with Crippen LogP contribution in [0.5, 0.6) is 11.5 Å². The fraction of sp³-hybridized carbons (Fsp3) is 0.474. The molecular formula is C19H22N2O3S. The number of hydrogen-bond acceptors (Lipinski definition) is 5. The Kier molecular flexibility index (Phi) is 4.70. The van der Waals surface area contributed by atoms with E-state index in [1.54, 1.807) is 0 Å². The largest absolute Gasteiger partial charge is 0.486 e. The zero-order valence-corrected chi connectivity index (χ0v) is 15.2. The number of amides is 1. The minimum absolute atomic E-state index is 0.216. The van der Waals surface area contributed by atoms with Crippen molar-refractivity contribution in [2.24, 2.45) is 0 Å². The second-order valence-electron chi connectivity index (χ2n) is 6.53. The summed E-state index contributed by atoms with van der Waals surface area (Å²) in [6, 6.07) is 6.02. The number of piperidine rings is 1. The number of ether oxygens (including phenoxy) is 2. The van der Waals surface area contributed by atoms with Gasteiger partial charge < -0.3 is 14.4 Å². The van der Waals surface area contributed by atoms with E-state index in [2.05, 4.69) is 6.07 Å². The number of thioether (sulfide) groups is 1. The number of benzene rings is 1. The van der Waals surface area contributed by atoms with Crippen molar-refractivity contribution in [2.75, 3.05) is 32.1 Å². The number of carbonyl (C=O) groups excluding carboxylic acids is 1. The molecule has 0 unspecified atom stereocenters.